The van der Waals surface area contributed by atoms with Crippen LogP contribution in [0, 0.1) is 0 Å². The third-order valence-corrected chi connectivity index (χ3v) is 3.40. The Bertz CT molecular complexity index is 457. The summed E-state index contributed by atoms with van der Waals surface area (Å²) in [7, 11) is 2.01. The zero-order valence-electron chi connectivity index (χ0n) is 14.3. The number of ether oxygens (including phenoxy) is 1. The van der Waals surface area contributed by atoms with E-state index in [1.807, 2.05) is 52.9 Å². The zero-order chi connectivity index (χ0) is 16.8. The smallest absolute Gasteiger partial charge is 0.407 e. The molecule has 0 fully saturated rings. The SMILES string of the molecule is CC(NC(=O)OC(C)(C)C)C(CN)N(C)Cc1ccccc1. The van der Waals surface area contributed by atoms with Crippen LogP contribution < -0.4 is 11.1 Å². The predicted octanol–water partition coefficient (Wildman–Crippen LogP) is 2.36. The van der Waals surface area contributed by atoms with Crippen molar-refractivity contribution in [1.29, 1.82) is 0 Å². The summed E-state index contributed by atoms with van der Waals surface area (Å²) >= 11 is 0. The normalized spacial score (nSPS) is 14.5. The second-order valence-electron chi connectivity index (χ2n) is 6.64. The molecule has 0 saturated heterocycles. The van der Waals surface area contributed by atoms with Crippen LogP contribution >= 0.6 is 0 Å². The van der Waals surface area contributed by atoms with Crippen molar-refractivity contribution in [1.82, 2.24) is 10.2 Å². The van der Waals surface area contributed by atoms with Crippen molar-refractivity contribution in [3.8, 4) is 0 Å². The molecule has 0 aliphatic heterocycles. The molecule has 2 unspecified atom stereocenters. The maximum absolute atomic E-state index is 11.9. The average molecular weight is 307 g/mol. The first-order chi connectivity index (χ1) is 10.2. The Balaban J connectivity index is 2.60. The van der Waals surface area contributed by atoms with Gasteiger partial charge in [0.15, 0.2) is 0 Å². The second kappa shape index (κ2) is 8.15. The summed E-state index contributed by atoms with van der Waals surface area (Å²) in [4.78, 5) is 14.0. The van der Waals surface area contributed by atoms with Gasteiger partial charge in [0.2, 0.25) is 0 Å². The molecular weight excluding hydrogens is 278 g/mol. The van der Waals surface area contributed by atoms with Crippen molar-refractivity contribution in [3.63, 3.8) is 0 Å². The fourth-order valence-electron chi connectivity index (χ4n) is 2.34. The van der Waals surface area contributed by atoms with Crippen molar-refractivity contribution in [2.24, 2.45) is 5.73 Å². The van der Waals surface area contributed by atoms with Gasteiger partial charge in [-0.1, -0.05) is 30.3 Å². The van der Waals surface area contributed by atoms with E-state index in [4.69, 9.17) is 10.5 Å². The summed E-state index contributed by atoms with van der Waals surface area (Å²) in [5.41, 5.74) is 6.61. The van der Waals surface area contributed by atoms with Crippen LogP contribution in [0.25, 0.3) is 0 Å². The summed E-state index contributed by atoms with van der Waals surface area (Å²) in [5, 5.41) is 2.87. The van der Waals surface area contributed by atoms with Gasteiger partial charge in [-0.3, -0.25) is 4.90 Å². The number of benzene rings is 1. The lowest BCUT2D eigenvalue weighted by Crippen LogP contribution is -2.53. The lowest BCUT2D eigenvalue weighted by Gasteiger charge is -2.33. The van der Waals surface area contributed by atoms with Gasteiger partial charge in [-0.15, -0.1) is 0 Å². The van der Waals surface area contributed by atoms with E-state index in [1.165, 1.54) is 5.56 Å². The van der Waals surface area contributed by atoms with Crippen molar-refractivity contribution >= 4 is 6.09 Å². The van der Waals surface area contributed by atoms with Crippen molar-refractivity contribution in [3.05, 3.63) is 35.9 Å². The summed E-state index contributed by atoms with van der Waals surface area (Å²) in [6.07, 6.45) is -0.411. The molecule has 0 bridgehead atoms. The van der Waals surface area contributed by atoms with Gasteiger partial charge in [0.25, 0.3) is 0 Å². The van der Waals surface area contributed by atoms with Crippen LogP contribution in [0.5, 0.6) is 0 Å². The van der Waals surface area contributed by atoms with Gasteiger partial charge in [-0.25, -0.2) is 4.79 Å². The number of likely N-dealkylation sites (N-methyl/N-ethyl adjacent to an activating group) is 1. The molecule has 1 aromatic rings. The molecule has 0 aromatic heterocycles. The third kappa shape index (κ3) is 6.45. The molecule has 0 aliphatic carbocycles. The zero-order valence-corrected chi connectivity index (χ0v) is 14.3. The number of rotatable bonds is 6. The molecule has 3 N–H and O–H groups in total. The summed E-state index contributed by atoms with van der Waals surface area (Å²) in [6, 6.07) is 10.1. The van der Waals surface area contributed by atoms with E-state index in [1.54, 1.807) is 0 Å². The Morgan fingerprint density at radius 3 is 2.41 bits per heavy atom. The number of nitrogens with zero attached hydrogens (tertiary/aromatic N) is 1. The third-order valence-electron chi connectivity index (χ3n) is 3.40. The monoisotopic (exact) mass is 307 g/mol. The van der Waals surface area contributed by atoms with Crippen LogP contribution in [0.2, 0.25) is 0 Å². The number of alkyl carbamates (subject to hydrolysis) is 1. The highest BCUT2D eigenvalue weighted by Gasteiger charge is 2.24. The largest absolute Gasteiger partial charge is 0.444 e. The fraction of sp³-hybridized carbons (Fsp3) is 0.588. The summed E-state index contributed by atoms with van der Waals surface area (Å²) < 4.78 is 5.29. The molecule has 2 atom stereocenters. The molecule has 0 heterocycles. The molecule has 0 radical (unpaired) electrons. The Morgan fingerprint density at radius 1 is 1.32 bits per heavy atom. The number of nitrogens with one attached hydrogen (secondary N) is 1. The molecule has 0 aliphatic rings. The topological polar surface area (TPSA) is 67.6 Å². The fourth-order valence-corrected chi connectivity index (χ4v) is 2.34. The van der Waals surface area contributed by atoms with E-state index in [2.05, 4.69) is 22.3 Å². The Kier molecular flexibility index (Phi) is 6.84. The maximum Gasteiger partial charge on any atom is 0.407 e. The molecule has 1 amide bonds. The number of nitrogens with two attached hydrogens (primary N) is 1. The highest BCUT2D eigenvalue weighted by Crippen LogP contribution is 2.10. The van der Waals surface area contributed by atoms with Crippen molar-refractivity contribution < 1.29 is 9.53 Å². The molecule has 124 valence electrons. The number of amides is 1. The van der Waals surface area contributed by atoms with Crippen molar-refractivity contribution in [2.45, 2.75) is 51.9 Å². The number of carbonyl (C=O) groups is 1. The molecule has 0 saturated carbocycles. The minimum absolute atomic E-state index is 0.0349. The molecule has 5 heteroatoms. The number of carbonyl (C=O) groups excluding carboxylic acids is 1. The minimum Gasteiger partial charge on any atom is -0.444 e. The van der Waals surface area contributed by atoms with Crippen LogP contribution in [-0.2, 0) is 11.3 Å². The Labute approximate surface area is 133 Å². The standard InChI is InChI=1S/C17H29N3O2/c1-13(19-16(21)22-17(2,3)4)15(11-18)20(5)12-14-9-7-6-8-10-14/h6-10,13,15H,11-12,18H2,1-5H3,(H,19,21). The lowest BCUT2D eigenvalue weighted by atomic mass is 10.1. The quantitative estimate of drug-likeness (QED) is 0.846. The first kappa shape index (κ1) is 18.5. The molecule has 0 spiro atoms. The first-order valence-corrected chi connectivity index (χ1v) is 7.66. The molecule has 22 heavy (non-hydrogen) atoms. The van der Waals surface area contributed by atoms with Gasteiger partial charge in [0.1, 0.15) is 5.60 Å². The van der Waals surface area contributed by atoms with E-state index in [0.717, 1.165) is 6.54 Å². The molecular formula is C17H29N3O2. The maximum atomic E-state index is 11.9. The van der Waals surface area contributed by atoms with E-state index >= 15 is 0 Å². The molecule has 5 nitrogen and oxygen atoms in total. The van der Waals surface area contributed by atoms with Gasteiger partial charge in [0, 0.05) is 25.2 Å². The Morgan fingerprint density at radius 2 is 1.91 bits per heavy atom. The second-order valence-corrected chi connectivity index (χ2v) is 6.64. The van der Waals surface area contributed by atoms with E-state index in [-0.39, 0.29) is 12.1 Å². The van der Waals surface area contributed by atoms with Crippen LogP contribution in [0.3, 0.4) is 0 Å². The van der Waals surface area contributed by atoms with Gasteiger partial charge in [0.05, 0.1) is 0 Å². The van der Waals surface area contributed by atoms with Crippen LogP contribution in [-0.4, -0.2) is 42.3 Å². The highest BCUT2D eigenvalue weighted by molar-refractivity contribution is 5.68. The number of hydrogen-bond donors (Lipinski definition) is 2. The number of hydrogen-bond acceptors (Lipinski definition) is 4. The predicted molar refractivity (Wildman–Crippen MR) is 89.6 cm³/mol. The van der Waals surface area contributed by atoms with Gasteiger partial charge in [-0.05, 0) is 40.3 Å². The van der Waals surface area contributed by atoms with Crippen LogP contribution in [0.4, 0.5) is 4.79 Å². The van der Waals surface area contributed by atoms with Crippen LogP contribution in [0.1, 0.15) is 33.3 Å². The van der Waals surface area contributed by atoms with Gasteiger partial charge >= 0.3 is 6.09 Å². The van der Waals surface area contributed by atoms with Crippen molar-refractivity contribution in [2.75, 3.05) is 13.6 Å². The first-order valence-electron chi connectivity index (χ1n) is 7.66. The Hall–Kier alpha value is -1.59. The summed E-state index contributed by atoms with van der Waals surface area (Å²) in [6.45, 7) is 8.73. The molecule has 1 rings (SSSR count). The van der Waals surface area contributed by atoms with Crippen LogP contribution in [0.15, 0.2) is 30.3 Å². The van der Waals surface area contributed by atoms with Gasteiger partial charge < -0.3 is 15.8 Å². The average Bonchev–Trinajstić information content (AvgIpc) is 2.38. The summed E-state index contributed by atoms with van der Waals surface area (Å²) in [5.74, 6) is 0. The molecule has 1 aromatic carbocycles. The van der Waals surface area contributed by atoms with E-state index < -0.39 is 11.7 Å². The lowest BCUT2D eigenvalue weighted by molar-refractivity contribution is 0.0476. The van der Waals surface area contributed by atoms with Gasteiger partial charge in [-0.2, -0.15) is 0 Å². The minimum atomic E-state index is -0.502. The highest BCUT2D eigenvalue weighted by atomic mass is 16.6. The van der Waals surface area contributed by atoms with E-state index in [9.17, 15) is 4.79 Å². The van der Waals surface area contributed by atoms with E-state index in [0.29, 0.717) is 6.54 Å².